The van der Waals surface area contributed by atoms with E-state index in [0.717, 1.165) is 29.6 Å². The van der Waals surface area contributed by atoms with Crippen LogP contribution in [0.15, 0.2) is 36.7 Å². The Kier molecular flexibility index (Phi) is 3.62. The van der Waals surface area contributed by atoms with Gasteiger partial charge in [-0.1, -0.05) is 6.07 Å². The molecule has 1 aromatic heterocycles. The number of hydrogen-bond donors (Lipinski definition) is 2. The summed E-state index contributed by atoms with van der Waals surface area (Å²) in [5, 5.41) is 3.16. The van der Waals surface area contributed by atoms with E-state index in [9.17, 15) is 0 Å². The third kappa shape index (κ3) is 2.68. The molecule has 0 saturated carbocycles. The summed E-state index contributed by atoms with van der Waals surface area (Å²) in [4.78, 5) is 10.4. The van der Waals surface area contributed by atoms with Crippen molar-refractivity contribution in [1.82, 2.24) is 9.97 Å². The Labute approximate surface area is 107 Å². The summed E-state index contributed by atoms with van der Waals surface area (Å²) in [5.41, 5.74) is 7.51. The number of rotatable bonds is 4. The Bertz CT molecular complexity index is 526. The van der Waals surface area contributed by atoms with E-state index in [-0.39, 0.29) is 0 Å². The molecule has 0 fully saturated rings. The number of aromatic nitrogens is 2. The summed E-state index contributed by atoms with van der Waals surface area (Å²) < 4.78 is 0. The fourth-order valence-electron chi connectivity index (χ4n) is 1.67. The first kappa shape index (κ1) is 12.2. The molecule has 3 N–H and O–H groups in total. The quantitative estimate of drug-likeness (QED) is 0.806. The molecule has 0 bridgehead atoms. The molecule has 0 aliphatic rings. The van der Waals surface area contributed by atoms with Gasteiger partial charge < -0.3 is 16.0 Å². The van der Waals surface area contributed by atoms with Crippen molar-refractivity contribution in [3.05, 3.63) is 36.7 Å². The van der Waals surface area contributed by atoms with E-state index in [0.29, 0.717) is 0 Å². The van der Waals surface area contributed by atoms with Gasteiger partial charge in [0.25, 0.3) is 0 Å². The van der Waals surface area contributed by atoms with Crippen LogP contribution in [-0.2, 0) is 0 Å². The lowest BCUT2D eigenvalue weighted by molar-refractivity contribution is 1.06. The fourth-order valence-corrected chi connectivity index (χ4v) is 1.67. The smallest absolute Gasteiger partial charge is 0.138 e. The number of anilines is 4. The molecule has 94 valence electrons. The molecule has 5 heteroatoms. The molecule has 0 saturated heterocycles. The first-order valence-corrected chi connectivity index (χ1v) is 5.86. The molecule has 0 spiro atoms. The van der Waals surface area contributed by atoms with Crippen LogP contribution in [0, 0.1) is 0 Å². The maximum atomic E-state index is 5.78. The van der Waals surface area contributed by atoms with Gasteiger partial charge in [0.05, 0.1) is 0 Å². The second-order valence-electron chi connectivity index (χ2n) is 3.95. The van der Waals surface area contributed by atoms with Crippen LogP contribution in [0.1, 0.15) is 6.92 Å². The summed E-state index contributed by atoms with van der Waals surface area (Å²) in [6, 6.07) is 9.60. The summed E-state index contributed by atoms with van der Waals surface area (Å²) in [7, 11) is 1.95. The highest BCUT2D eigenvalue weighted by molar-refractivity contribution is 5.64. The minimum atomic E-state index is 0.736. The van der Waals surface area contributed by atoms with Crippen LogP contribution in [0.2, 0.25) is 0 Å². The lowest BCUT2D eigenvalue weighted by Gasteiger charge is -2.19. The van der Waals surface area contributed by atoms with Crippen molar-refractivity contribution in [3.8, 4) is 0 Å². The monoisotopic (exact) mass is 243 g/mol. The van der Waals surface area contributed by atoms with E-state index in [4.69, 9.17) is 5.73 Å². The van der Waals surface area contributed by atoms with Crippen LogP contribution in [0.25, 0.3) is 0 Å². The molecule has 0 aliphatic heterocycles. The van der Waals surface area contributed by atoms with Gasteiger partial charge in [0.2, 0.25) is 0 Å². The Morgan fingerprint density at radius 3 is 2.83 bits per heavy atom. The normalized spacial score (nSPS) is 10.1. The largest absolute Gasteiger partial charge is 0.399 e. The average Bonchev–Trinajstić information content (AvgIpc) is 2.39. The number of nitrogens with zero attached hydrogens (tertiary/aromatic N) is 3. The van der Waals surface area contributed by atoms with Gasteiger partial charge in [-0.25, -0.2) is 9.97 Å². The van der Waals surface area contributed by atoms with Crippen LogP contribution in [0.5, 0.6) is 0 Å². The maximum absolute atomic E-state index is 5.78. The zero-order chi connectivity index (χ0) is 13.0. The number of nitrogens with two attached hydrogens (primary N) is 1. The van der Waals surface area contributed by atoms with Gasteiger partial charge in [0.1, 0.15) is 18.0 Å². The van der Waals surface area contributed by atoms with Crippen LogP contribution in [0.3, 0.4) is 0 Å². The van der Waals surface area contributed by atoms with Crippen molar-refractivity contribution in [2.75, 3.05) is 29.5 Å². The highest BCUT2D eigenvalue weighted by Gasteiger charge is 2.06. The minimum Gasteiger partial charge on any atom is -0.399 e. The SMILES string of the molecule is CCNc1cc(N(C)c2cccc(N)c2)ncn1. The predicted molar refractivity (Wildman–Crippen MR) is 75.1 cm³/mol. The number of benzene rings is 1. The van der Waals surface area contributed by atoms with Crippen LogP contribution in [-0.4, -0.2) is 23.6 Å². The summed E-state index contributed by atoms with van der Waals surface area (Å²) in [6.07, 6.45) is 1.55. The molecular formula is C13H17N5. The maximum Gasteiger partial charge on any atom is 0.138 e. The van der Waals surface area contributed by atoms with Crippen molar-refractivity contribution >= 4 is 23.0 Å². The molecule has 18 heavy (non-hydrogen) atoms. The molecule has 1 aromatic carbocycles. The van der Waals surface area contributed by atoms with Crippen molar-refractivity contribution < 1.29 is 0 Å². The second kappa shape index (κ2) is 5.35. The third-order valence-corrected chi connectivity index (χ3v) is 2.61. The first-order valence-electron chi connectivity index (χ1n) is 5.86. The van der Waals surface area contributed by atoms with E-state index >= 15 is 0 Å². The molecular weight excluding hydrogens is 226 g/mol. The van der Waals surface area contributed by atoms with Gasteiger partial charge in [-0.05, 0) is 25.1 Å². The van der Waals surface area contributed by atoms with Gasteiger partial charge in [0, 0.05) is 31.0 Å². The number of hydrogen-bond acceptors (Lipinski definition) is 5. The fraction of sp³-hybridized carbons (Fsp3) is 0.231. The molecule has 2 rings (SSSR count). The lowest BCUT2D eigenvalue weighted by Crippen LogP contribution is -2.12. The lowest BCUT2D eigenvalue weighted by atomic mass is 10.2. The Hall–Kier alpha value is -2.30. The Balaban J connectivity index is 2.27. The van der Waals surface area contributed by atoms with Gasteiger partial charge in [-0.3, -0.25) is 0 Å². The van der Waals surface area contributed by atoms with Crippen LogP contribution >= 0.6 is 0 Å². The van der Waals surface area contributed by atoms with Gasteiger partial charge >= 0.3 is 0 Å². The zero-order valence-corrected chi connectivity index (χ0v) is 10.6. The van der Waals surface area contributed by atoms with E-state index in [1.54, 1.807) is 6.33 Å². The van der Waals surface area contributed by atoms with E-state index in [1.165, 1.54) is 0 Å². The van der Waals surface area contributed by atoms with E-state index < -0.39 is 0 Å². The molecule has 5 nitrogen and oxygen atoms in total. The molecule has 0 amide bonds. The summed E-state index contributed by atoms with van der Waals surface area (Å²) in [6.45, 7) is 2.86. The average molecular weight is 243 g/mol. The van der Waals surface area contributed by atoms with E-state index in [1.807, 2.05) is 49.2 Å². The molecule has 0 radical (unpaired) electrons. The molecule has 1 heterocycles. The summed E-state index contributed by atoms with van der Waals surface area (Å²) in [5.74, 6) is 1.64. The minimum absolute atomic E-state index is 0.736. The van der Waals surface area contributed by atoms with Crippen molar-refractivity contribution in [2.24, 2.45) is 0 Å². The van der Waals surface area contributed by atoms with Gasteiger partial charge in [-0.2, -0.15) is 0 Å². The van der Waals surface area contributed by atoms with Gasteiger partial charge in [0.15, 0.2) is 0 Å². The predicted octanol–water partition coefficient (Wildman–Crippen LogP) is 2.26. The molecule has 0 aliphatic carbocycles. The third-order valence-electron chi connectivity index (χ3n) is 2.61. The van der Waals surface area contributed by atoms with Crippen LogP contribution in [0.4, 0.5) is 23.0 Å². The van der Waals surface area contributed by atoms with E-state index in [2.05, 4.69) is 15.3 Å². The highest BCUT2D eigenvalue weighted by atomic mass is 15.2. The number of nitrogen functional groups attached to an aromatic ring is 1. The Morgan fingerprint density at radius 2 is 2.11 bits per heavy atom. The molecule has 2 aromatic rings. The number of nitrogens with one attached hydrogen (secondary N) is 1. The van der Waals surface area contributed by atoms with Crippen molar-refractivity contribution in [3.63, 3.8) is 0 Å². The van der Waals surface area contributed by atoms with Crippen LogP contribution < -0.4 is 16.0 Å². The van der Waals surface area contributed by atoms with Gasteiger partial charge in [-0.15, -0.1) is 0 Å². The first-order chi connectivity index (χ1) is 8.70. The molecule has 0 atom stereocenters. The highest BCUT2D eigenvalue weighted by Crippen LogP contribution is 2.24. The van der Waals surface area contributed by atoms with Crippen molar-refractivity contribution in [2.45, 2.75) is 6.92 Å². The standard InChI is InChI=1S/C13H17N5/c1-3-15-12-8-13(17-9-16-12)18(2)11-6-4-5-10(14)7-11/h4-9H,3,14H2,1-2H3,(H,15,16,17). The topological polar surface area (TPSA) is 67.1 Å². The Morgan fingerprint density at radius 1 is 1.28 bits per heavy atom. The molecule has 0 unspecified atom stereocenters. The summed E-state index contributed by atoms with van der Waals surface area (Å²) >= 11 is 0. The van der Waals surface area contributed by atoms with Crippen molar-refractivity contribution in [1.29, 1.82) is 0 Å². The second-order valence-corrected chi connectivity index (χ2v) is 3.95. The zero-order valence-electron chi connectivity index (χ0n) is 10.6.